The Kier molecular flexibility index (Phi) is 15.9. The van der Waals surface area contributed by atoms with E-state index >= 15 is 0 Å². The third kappa shape index (κ3) is 14.8. The molecule has 0 aromatic carbocycles. The molecule has 1 heteroatoms. The van der Waals surface area contributed by atoms with Crippen LogP contribution in [0, 0.1) is 0 Å². The van der Waals surface area contributed by atoms with Gasteiger partial charge in [0.05, 0.1) is 0 Å². The van der Waals surface area contributed by atoms with Gasteiger partial charge in [0.2, 0.25) is 0 Å². The molecule has 24 valence electrons. The Bertz CT molecular complexity index is 45.5. The second-order valence-corrected chi connectivity index (χ2v) is 0.493. The molecule has 0 aliphatic heterocycles. The van der Waals surface area contributed by atoms with Gasteiger partial charge in [-0.1, -0.05) is 6.58 Å². The van der Waals surface area contributed by atoms with Gasteiger partial charge in [-0.15, -0.1) is 5.73 Å². The minimum Gasteiger partial charge on any atom is -1.00 e. The molecule has 0 bridgehead atoms. The molecule has 0 heterocycles. The molecule has 0 saturated heterocycles. The van der Waals surface area contributed by atoms with Crippen molar-refractivity contribution in [2.75, 3.05) is 0 Å². The van der Waals surface area contributed by atoms with E-state index in [9.17, 15) is 0 Å². The van der Waals surface area contributed by atoms with E-state index in [2.05, 4.69) is 12.3 Å². The van der Waals surface area contributed by atoms with Gasteiger partial charge in [0.1, 0.15) is 0 Å². The summed E-state index contributed by atoms with van der Waals surface area (Å²) in [6.45, 7) is 5.18. The maximum absolute atomic E-state index is 3.30. The van der Waals surface area contributed by atoms with Crippen LogP contribution in [0.1, 0.15) is 8.35 Å². The summed E-state index contributed by atoms with van der Waals surface area (Å²) in [5.41, 5.74) is 2.56. The van der Waals surface area contributed by atoms with Gasteiger partial charge in [-0.25, -0.2) is 0 Å². The second-order valence-electron chi connectivity index (χ2n) is 0.493. The molecule has 0 nitrogen and oxygen atoms in total. The predicted molar refractivity (Wildman–Crippen MR) is 20.5 cm³/mol. The molecule has 0 aliphatic carbocycles. The Morgan fingerprint density at radius 3 is 2.20 bits per heavy atom. The van der Waals surface area contributed by atoms with Crippen LogP contribution in [0.2, 0.25) is 0 Å². The van der Waals surface area contributed by atoms with Crippen LogP contribution in [0.5, 0.6) is 0 Å². The fourth-order valence-corrected chi connectivity index (χ4v) is 0. The van der Waals surface area contributed by atoms with Gasteiger partial charge >= 0.3 is 18.9 Å². The van der Waals surface area contributed by atoms with Crippen molar-refractivity contribution in [2.45, 2.75) is 6.92 Å². The molecule has 0 spiro atoms. The number of allylic oxidation sites excluding steroid dienone is 1. The standard InChI is InChI=1S/C4H6.Li.H/c1-3-4-2;;/h4H,1H2,2H3;;/q;+1;-1. The minimum absolute atomic E-state index is 0. The zero-order valence-corrected chi connectivity index (χ0v) is 3.78. The van der Waals surface area contributed by atoms with Crippen molar-refractivity contribution in [2.24, 2.45) is 0 Å². The van der Waals surface area contributed by atoms with E-state index in [-0.39, 0.29) is 20.3 Å². The van der Waals surface area contributed by atoms with Crippen molar-refractivity contribution in [3.63, 3.8) is 0 Å². The van der Waals surface area contributed by atoms with E-state index in [4.69, 9.17) is 0 Å². The number of hydrogen-bond donors (Lipinski definition) is 0. The molecule has 0 atom stereocenters. The second kappa shape index (κ2) is 8.92. The molecule has 0 unspecified atom stereocenters. The first-order valence-corrected chi connectivity index (χ1v) is 1.22. The first-order chi connectivity index (χ1) is 1.91. The average molecular weight is 62.0 g/mol. The largest absolute Gasteiger partial charge is 1.00 e. The van der Waals surface area contributed by atoms with Crippen LogP contribution < -0.4 is 18.9 Å². The van der Waals surface area contributed by atoms with Crippen LogP contribution in [0.4, 0.5) is 0 Å². The average Bonchev–Trinajstić information content (AvgIpc) is 1.37. The molecule has 0 aromatic rings. The number of rotatable bonds is 0. The third-order valence-electron chi connectivity index (χ3n) is 0.204. The van der Waals surface area contributed by atoms with E-state index in [1.165, 1.54) is 0 Å². The van der Waals surface area contributed by atoms with Crippen LogP contribution in [0.25, 0.3) is 0 Å². The van der Waals surface area contributed by atoms with Crippen molar-refractivity contribution in [3.8, 4) is 0 Å². The Labute approximate surface area is 46.2 Å². The summed E-state index contributed by atoms with van der Waals surface area (Å²) in [6.07, 6.45) is 1.76. The normalized spacial score (nSPS) is 3.40. The van der Waals surface area contributed by atoms with E-state index in [1.807, 2.05) is 6.92 Å². The van der Waals surface area contributed by atoms with Crippen LogP contribution in [0.15, 0.2) is 18.4 Å². The SMILES string of the molecule is C=C=CC.[H-].[Li+]. The van der Waals surface area contributed by atoms with Gasteiger partial charge in [0, 0.05) is 0 Å². The smallest absolute Gasteiger partial charge is 1.00 e. The summed E-state index contributed by atoms with van der Waals surface area (Å²) in [7, 11) is 0. The van der Waals surface area contributed by atoms with E-state index in [1.54, 1.807) is 6.08 Å². The Morgan fingerprint density at radius 2 is 2.20 bits per heavy atom. The Morgan fingerprint density at radius 1 is 2.00 bits per heavy atom. The van der Waals surface area contributed by atoms with Gasteiger partial charge in [-0.2, -0.15) is 0 Å². The summed E-state index contributed by atoms with van der Waals surface area (Å²) in [5, 5.41) is 0. The Balaban J connectivity index is -0.0000000450. The summed E-state index contributed by atoms with van der Waals surface area (Å²) in [6, 6.07) is 0. The molecule has 0 aromatic heterocycles. The van der Waals surface area contributed by atoms with Crippen molar-refractivity contribution >= 4 is 0 Å². The van der Waals surface area contributed by atoms with Crippen LogP contribution >= 0.6 is 0 Å². The molecule has 0 fully saturated rings. The zero-order valence-electron chi connectivity index (χ0n) is 4.78. The fraction of sp³-hybridized carbons (Fsp3) is 0.250. The molecular weight excluding hydrogens is 55.0 g/mol. The van der Waals surface area contributed by atoms with Crippen molar-refractivity contribution in [1.29, 1.82) is 0 Å². The van der Waals surface area contributed by atoms with Gasteiger partial charge < -0.3 is 1.43 Å². The van der Waals surface area contributed by atoms with Gasteiger partial charge in [0.25, 0.3) is 0 Å². The topological polar surface area (TPSA) is 0 Å². The summed E-state index contributed by atoms with van der Waals surface area (Å²) in [5.74, 6) is 0. The maximum Gasteiger partial charge on any atom is 1.00 e. The van der Waals surface area contributed by atoms with Gasteiger partial charge in [-0.05, 0) is 13.0 Å². The first-order valence-electron chi connectivity index (χ1n) is 1.22. The van der Waals surface area contributed by atoms with Crippen LogP contribution in [-0.2, 0) is 0 Å². The van der Waals surface area contributed by atoms with Gasteiger partial charge in [0.15, 0.2) is 0 Å². The molecular formula is C4H7Li. The van der Waals surface area contributed by atoms with Gasteiger partial charge in [-0.3, -0.25) is 0 Å². The van der Waals surface area contributed by atoms with Crippen LogP contribution in [0.3, 0.4) is 0 Å². The molecule has 0 N–H and O–H groups in total. The Hall–Kier alpha value is 0.117. The summed E-state index contributed by atoms with van der Waals surface area (Å²) >= 11 is 0. The number of hydrogen-bond acceptors (Lipinski definition) is 0. The molecule has 0 rings (SSSR count). The zero-order chi connectivity index (χ0) is 3.41. The molecule has 0 saturated carbocycles. The fourth-order valence-electron chi connectivity index (χ4n) is 0. The van der Waals surface area contributed by atoms with Crippen molar-refractivity contribution in [1.82, 2.24) is 0 Å². The monoisotopic (exact) mass is 62.1 g/mol. The quantitative estimate of drug-likeness (QED) is 0.236. The molecule has 0 aliphatic rings. The van der Waals surface area contributed by atoms with E-state index < -0.39 is 0 Å². The maximum atomic E-state index is 3.30. The summed E-state index contributed by atoms with van der Waals surface area (Å²) < 4.78 is 0. The predicted octanol–water partition coefficient (Wildman–Crippen LogP) is -1.54. The molecule has 5 heavy (non-hydrogen) atoms. The third-order valence-corrected chi connectivity index (χ3v) is 0.204. The van der Waals surface area contributed by atoms with E-state index in [0.717, 1.165) is 0 Å². The minimum atomic E-state index is 0. The molecule has 0 amide bonds. The molecule has 0 radical (unpaired) electrons. The first kappa shape index (κ1) is 8.93. The van der Waals surface area contributed by atoms with Crippen molar-refractivity contribution in [3.05, 3.63) is 18.4 Å². The van der Waals surface area contributed by atoms with E-state index in [0.29, 0.717) is 0 Å². The summed E-state index contributed by atoms with van der Waals surface area (Å²) in [4.78, 5) is 0. The van der Waals surface area contributed by atoms with Crippen LogP contribution in [-0.4, -0.2) is 0 Å². The van der Waals surface area contributed by atoms with Crippen molar-refractivity contribution < 1.29 is 20.3 Å².